The van der Waals surface area contributed by atoms with Crippen LogP contribution in [0.15, 0.2) is 24.3 Å². The summed E-state index contributed by atoms with van der Waals surface area (Å²) in [5, 5.41) is 14.5. The first-order valence-corrected chi connectivity index (χ1v) is 9.88. The monoisotopic (exact) mass is 394 g/mol. The second-order valence-electron chi connectivity index (χ2n) is 7.04. The van der Waals surface area contributed by atoms with E-state index in [0.717, 1.165) is 25.7 Å². The summed E-state index contributed by atoms with van der Waals surface area (Å²) < 4.78 is 13.1. The van der Waals surface area contributed by atoms with Crippen LogP contribution in [0.1, 0.15) is 64.4 Å². The first-order chi connectivity index (χ1) is 13.3. The summed E-state index contributed by atoms with van der Waals surface area (Å²) in [6.45, 7) is 3.42. The molecule has 0 bridgehead atoms. The van der Waals surface area contributed by atoms with E-state index in [9.17, 15) is 23.9 Å². The Morgan fingerprint density at radius 2 is 1.57 bits per heavy atom. The van der Waals surface area contributed by atoms with Crippen molar-refractivity contribution in [3.05, 3.63) is 35.6 Å². The Hall–Kier alpha value is -2.44. The van der Waals surface area contributed by atoms with Crippen molar-refractivity contribution in [2.75, 3.05) is 0 Å². The molecule has 3 N–H and O–H groups in total. The van der Waals surface area contributed by atoms with E-state index in [1.165, 1.54) is 37.6 Å². The van der Waals surface area contributed by atoms with Crippen LogP contribution in [0.25, 0.3) is 0 Å². The van der Waals surface area contributed by atoms with E-state index in [-0.39, 0.29) is 6.42 Å². The highest BCUT2D eigenvalue weighted by molar-refractivity contribution is 5.90. The van der Waals surface area contributed by atoms with Gasteiger partial charge in [0.25, 0.3) is 0 Å². The van der Waals surface area contributed by atoms with Gasteiger partial charge in [-0.2, -0.15) is 0 Å². The molecule has 6 nitrogen and oxygen atoms in total. The molecule has 0 saturated carbocycles. The molecule has 0 aromatic heterocycles. The van der Waals surface area contributed by atoms with E-state index < -0.39 is 35.7 Å². The van der Waals surface area contributed by atoms with Crippen LogP contribution in [-0.2, 0) is 20.8 Å². The molecule has 28 heavy (non-hydrogen) atoms. The lowest BCUT2D eigenvalue weighted by molar-refractivity contribution is -0.142. The lowest BCUT2D eigenvalue weighted by Gasteiger charge is -2.21. The van der Waals surface area contributed by atoms with Gasteiger partial charge in [-0.1, -0.05) is 57.6 Å². The van der Waals surface area contributed by atoms with Gasteiger partial charge in [-0.25, -0.2) is 9.18 Å². The maximum Gasteiger partial charge on any atom is 0.326 e. The second kappa shape index (κ2) is 12.9. The Morgan fingerprint density at radius 1 is 0.964 bits per heavy atom. The molecule has 7 heteroatoms. The molecule has 0 fully saturated rings. The molecule has 0 saturated heterocycles. The molecule has 0 spiro atoms. The topological polar surface area (TPSA) is 95.5 Å². The fourth-order valence-electron chi connectivity index (χ4n) is 2.97. The van der Waals surface area contributed by atoms with Gasteiger partial charge in [0.05, 0.1) is 0 Å². The number of nitrogens with one attached hydrogen (secondary N) is 2. The standard InChI is InChI=1S/C21H31FN2O4/c1-3-4-5-6-7-8-9-18(21(27)28)24-20(26)19(23-15(2)25)14-16-10-12-17(22)13-11-16/h10-13,18-19H,3-9,14H2,1-2H3,(H,23,25)(H,24,26)(H,27,28)/t18-,19-/m1/s1. The Labute approximate surface area is 165 Å². The third kappa shape index (κ3) is 9.48. The summed E-state index contributed by atoms with van der Waals surface area (Å²) in [5.74, 6) is -2.44. The number of hydrogen-bond acceptors (Lipinski definition) is 3. The van der Waals surface area contributed by atoms with Gasteiger partial charge >= 0.3 is 5.97 Å². The molecule has 0 aliphatic rings. The van der Waals surface area contributed by atoms with Crippen molar-refractivity contribution in [3.8, 4) is 0 Å². The third-order valence-corrected chi connectivity index (χ3v) is 4.51. The molecule has 2 amide bonds. The number of carbonyl (C=O) groups excluding carboxylic acids is 2. The van der Waals surface area contributed by atoms with Crippen LogP contribution in [0.4, 0.5) is 4.39 Å². The van der Waals surface area contributed by atoms with Crippen LogP contribution in [0.5, 0.6) is 0 Å². The summed E-state index contributed by atoms with van der Waals surface area (Å²) in [5.41, 5.74) is 0.665. The SMILES string of the molecule is CCCCCCCC[C@@H](NC(=O)[C@@H](Cc1ccc(F)cc1)NC(C)=O)C(=O)O. The van der Waals surface area contributed by atoms with E-state index in [1.54, 1.807) is 0 Å². The highest BCUT2D eigenvalue weighted by atomic mass is 19.1. The molecule has 2 atom stereocenters. The van der Waals surface area contributed by atoms with Crippen LogP contribution in [0, 0.1) is 5.82 Å². The van der Waals surface area contributed by atoms with Crippen molar-refractivity contribution in [1.29, 1.82) is 0 Å². The van der Waals surface area contributed by atoms with E-state index in [0.29, 0.717) is 18.4 Å². The normalized spacial score (nSPS) is 12.8. The minimum atomic E-state index is -1.09. The van der Waals surface area contributed by atoms with Crippen LogP contribution in [-0.4, -0.2) is 35.0 Å². The van der Waals surface area contributed by atoms with Crippen molar-refractivity contribution in [3.63, 3.8) is 0 Å². The molecule has 1 aromatic carbocycles. The minimum Gasteiger partial charge on any atom is -0.480 e. The number of carboxylic acid groups (broad SMARTS) is 1. The van der Waals surface area contributed by atoms with E-state index in [1.807, 2.05) is 0 Å². The molecule has 156 valence electrons. The number of carbonyl (C=O) groups is 3. The van der Waals surface area contributed by atoms with Gasteiger partial charge in [0.15, 0.2) is 0 Å². The average molecular weight is 394 g/mol. The quantitative estimate of drug-likeness (QED) is 0.448. The lowest BCUT2D eigenvalue weighted by atomic mass is 10.0. The highest BCUT2D eigenvalue weighted by Gasteiger charge is 2.25. The third-order valence-electron chi connectivity index (χ3n) is 4.51. The summed E-state index contributed by atoms with van der Waals surface area (Å²) in [7, 11) is 0. The molecular formula is C21H31FN2O4. The van der Waals surface area contributed by atoms with Gasteiger partial charge in [-0.15, -0.1) is 0 Å². The number of carboxylic acids is 1. The smallest absolute Gasteiger partial charge is 0.326 e. The summed E-state index contributed by atoms with van der Waals surface area (Å²) in [6.07, 6.45) is 6.61. The first kappa shape index (κ1) is 23.6. The number of amides is 2. The maximum atomic E-state index is 13.1. The Morgan fingerprint density at radius 3 is 2.14 bits per heavy atom. The van der Waals surface area contributed by atoms with Crippen LogP contribution >= 0.6 is 0 Å². The predicted molar refractivity (Wildman–Crippen MR) is 105 cm³/mol. The zero-order valence-corrected chi connectivity index (χ0v) is 16.7. The maximum absolute atomic E-state index is 13.1. The number of aliphatic carboxylic acids is 1. The van der Waals surface area contributed by atoms with Gasteiger partial charge in [0.2, 0.25) is 11.8 Å². The van der Waals surface area contributed by atoms with Crippen molar-refractivity contribution >= 4 is 17.8 Å². The fraction of sp³-hybridized carbons (Fsp3) is 0.571. The van der Waals surface area contributed by atoms with Gasteiger partial charge in [-0.3, -0.25) is 9.59 Å². The number of halogens is 1. The molecule has 0 aliphatic carbocycles. The van der Waals surface area contributed by atoms with E-state index >= 15 is 0 Å². The van der Waals surface area contributed by atoms with E-state index in [4.69, 9.17) is 0 Å². The Bertz CT molecular complexity index is 634. The second-order valence-corrected chi connectivity index (χ2v) is 7.04. The summed E-state index contributed by atoms with van der Waals surface area (Å²) in [4.78, 5) is 35.5. The summed E-state index contributed by atoms with van der Waals surface area (Å²) >= 11 is 0. The highest BCUT2D eigenvalue weighted by Crippen LogP contribution is 2.10. The molecular weight excluding hydrogens is 363 g/mol. The van der Waals surface area contributed by atoms with Crippen molar-refractivity contribution in [1.82, 2.24) is 10.6 Å². The van der Waals surface area contributed by atoms with Gasteiger partial charge in [0, 0.05) is 13.3 Å². The van der Waals surface area contributed by atoms with Crippen LogP contribution < -0.4 is 10.6 Å². The number of benzene rings is 1. The van der Waals surface area contributed by atoms with Gasteiger partial charge in [-0.05, 0) is 24.1 Å². The lowest BCUT2D eigenvalue weighted by Crippen LogP contribution is -2.52. The van der Waals surface area contributed by atoms with Crippen molar-refractivity contribution in [2.45, 2.75) is 77.3 Å². The molecule has 0 radical (unpaired) electrons. The fourth-order valence-corrected chi connectivity index (χ4v) is 2.97. The molecule has 0 aliphatic heterocycles. The number of hydrogen-bond donors (Lipinski definition) is 3. The molecule has 0 unspecified atom stereocenters. The largest absolute Gasteiger partial charge is 0.480 e. The zero-order valence-electron chi connectivity index (χ0n) is 16.7. The van der Waals surface area contributed by atoms with Crippen molar-refractivity contribution in [2.24, 2.45) is 0 Å². The van der Waals surface area contributed by atoms with Crippen LogP contribution in [0.3, 0.4) is 0 Å². The molecule has 1 rings (SSSR count). The number of unbranched alkanes of at least 4 members (excludes halogenated alkanes) is 5. The number of rotatable bonds is 13. The van der Waals surface area contributed by atoms with Crippen molar-refractivity contribution < 1.29 is 23.9 Å². The van der Waals surface area contributed by atoms with Crippen LogP contribution in [0.2, 0.25) is 0 Å². The summed E-state index contributed by atoms with van der Waals surface area (Å²) in [6, 6.07) is 3.69. The van der Waals surface area contributed by atoms with E-state index in [2.05, 4.69) is 17.6 Å². The van der Waals surface area contributed by atoms with Gasteiger partial charge < -0.3 is 15.7 Å². The first-order valence-electron chi connectivity index (χ1n) is 9.88. The average Bonchev–Trinajstić information content (AvgIpc) is 2.64. The molecule has 0 heterocycles. The van der Waals surface area contributed by atoms with Gasteiger partial charge in [0.1, 0.15) is 17.9 Å². The minimum absolute atomic E-state index is 0.148. The Kier molecular flexibility index (Phi) is 10.8. The zero-order chi connectivity index (χ0) is 20.9. The Balaban J connectivity index is 2.64. The predicted octanol–water partition coefficient (Wildman–Crippen LogP) is 3.19. The molecule has 1 aromatic rings.